The fourth-order valence-corrected chi connectivity index (χ4v) is 3.34. The third kappa shape index (κ3) is 2.94. The third-order valence-corrected chi connectivity index (χ3v) is 4.66. The van der Waals surface area contributed by atoms with Crippen molar-refractivity contribution in [1.82, 2.24) is 9.97 Å². The first-order valence-electron chi connectivity index (χ1n) is 5.62. The van der Waals surface area contributed by atoms with E-state index in [2.05, 4.69) is 15.3 Å². The van der Waals surface area contributed by atoms with Crippen molar-refractivity contribution in [2.24, 2.45) is 0 Å². The smallest absolute Gasteiger partial charge is 0.231 e. The normalized spacial score (nSPS) is 10.7. The van der Waals surface area contributed by atoms with Crippen LogP contribution in [0.4, 0.5) is 5.13 Å². The molecule has 2 rings (SSSR count). The number of nitrogens with one attached hydrogen (secondary N) is 1. The first-order chi connectivity index (χ1) is 8.45. The van der Waals surface area contributed by atoms with Gasteiger partial charge < -0.3 is 5.32 Å². The standard InChI is InChI=1S/C12H15N3OS2/c1-6-8(3)17-12(14-6)15-11(16)5-10-7(2)13-9(4)18-10/h5H2,1-4H3,(H,14,15,16). The SMILES string of the molecule is Cc1nc(C)c(CC(=O)Nc2nc(C)c(C)s2)s1. The van der Waals surface area contributed by atoms with E-state index in [0.717, 1.165) is 26.1 Å². The van der Waals surface area contributed by atoms with Gasteiger partial charge in [-0.05, 0) is 27.7 Å². The average molecular weight is 281 g/mol. The molecule has 0 spiro atoms. The number of anilines is 1. The Balaban J connectivity index is 2.03. The molecule has 96 valence electrons. The molecule has 0 saturated carbocycles. The highest BCUT2D eigenvalue weighted by molar-refractivity contribution is 7.15. The van der Waals surface area contributed by atoms with Crippen LogP contribution in [0.3, 0.4) is 0 Å². The summed E-state index contributed by atoms with van der Waals surface area (Å²) >= 11 is 3.08. The summed E-state index contributed by atoms with van der Waals surface area (Å²) in [7, 11) is 0. The van der Waals surface area contributed by atoms with Crippen molar-refractivity contribution in [2.45, 2.75) is 34.1 Å². The van der Waals surface area contributed by atoms with Crippen molar-refractivity contribution < 1.29 is 4.79 Å². The molecule has 0 aliphatic carbocycles. The van der Waals surface area contributed by atoms with Crippen LogP contribution < -0.4 is 5.32 Å². The van der Waals surface area contributed by atoms with E-state index in [-0.39, 0.29) is 5.91 Å². The van der Waals surface area contributed by atoms with Gasteiger partial charge in [0.15, 0.2) is 5.13 Å². The molecule has 0 aliphatic rings. The van der Waals surface area contributed by atoms with Crippen molar-refractivity contribution in [3.05, 3.63) is 26.1 Å². The molecule has 2 heterocycles. The minimum absolute atomic E-state index is 0.0319. The number of carbonyl (C=O) groups is 1. The van der Waals surface area contributed by atoms with Gasteiger partial charge in [0.05, 0.1) is 22.8 Å². The molecule has 4 nitrogen and oxygen atoms in total. The lowest BCUT2D eigenvalue weighted by Gasteiger charge is -2.00. The average Bonchev–Trinajstić information content (AvgIpc) is 2.71. The number of hydrogen-bond acceptors (Lipinski definition) is 5. The molecular weight excluding hydrogens is 266 g/mol. The van der Waals surface area contributed by atoms with E-state index in [9.17, 15) is 4.79 Å². The minimum atomic E-state index is -0.0319. The lowest BCUT2D eigenvalue weighted by atomic mass is 10.3. The number of nitrogens with zero attached hydrogens (tertiary/aromatic N) is 2. The zero-order chi connectivity index (χ0) is 13.3. The highest BCUT2D eigenvalue weighted by Gasteiger charge is 2.12. The number of amides is 1. The molecular formula is C12H15N3OS2. The Hall–Kier alpha value is -1.27. The molecule has 0 radical (unpaired) electrons. The molecule has 2 aromatic heterocycles. The first-order valence-corrected chi connectivity index (χ1v) is 7.26. The summed E-state index contributed by atoms with van der Waals surface area (Å²) in [4.78, 5) is 22.7. The fraction of sp³-hybridized carbons (Fsp3) is 0.417. The predicted octanol–water partition coefficient (Wildman–Crippen LogP) is 3.01. The first kappa shape index (κ1) is 13.2. The molecule has 0 saturated heterocycles. The van der Waals surface area contributed by atoms with E-state index in [4.69, 9.17) is 0 Å². The van der Waals surface area contributed by atoms with Gasteiger partial charge in [-0.3, -0.25) is 4.79 Å². The Bertz CT molecular complexity index is 567. The van der Waals surface area contributed by atoms with Crippen LogP contribution in [0.2, 0.25) is 0 Å². The summed E-state index contributed by atoms with van der Waals surface area (Å²) in [5, 5.41) is 4.51. The maximum absolute atomic E-state index is 11.9. The van der Waals surface area contributed by atoms with E-state index in [1.807, 2.05) is 27.7 Å². The Labute approximate surface area is 114 Å². The summed E-state index contributed by atoms with van der Waals surface area (Å²) < 4.78 is 0. The number of aryl methyl sites for hydroxylation is 4. The summed E-state index contributed by atoms with van der Waals surface area (Å²) in [6.07, 6.45) is 0.370. The molecule has 0 aromatic carbocycles. The monoisotopic (exact) mass is 281 g/mol. The Morgan fingerprint density at radius 3 is 2.33 bits per heavy atom. The second kappa shape index (κ2) is 5.16. The maximum Gasteiger partial charge on any atom is 0.231 e. The van der Waals surface area contributed by atoms with Crippen LogP contribution in [-0.2, 0) is 11.2 Å². The fourth-order valence-electron chi connectivity index (χ4n) is 1.57. The summed E-state index contributed by atoms with van der Waals surface area (Å²) in [5.74, 6) is -0.0319. The van der Waals surface area contributed by atoms with Crippen LogP contribution in [0.5, 0.6) is 0 Å². The quantitative estimate of drug-likeness (QED) is 0.941. The molecule has 1 amide bonds. The van der Waals surface area contributed by atoms with E-state index in [0.29, 0.717) is 11.6 Å². The largest absolute Gasteiger partial charge is 0.302 e. The molecule has 6 heteroatoms. The van der Waals surface area contributed by atoms with Gasteiger partial charge >= 0.3 is 0 Å². The number of carbonyl (C=O) groups excluding carboxylic acids is 1. The number of aromatic nitrogens is 2. The predicted molar refractivity (Wildman–Crippen MR) is 75.5 cm³/mol. The maximum atomic E-state index is 11.9. The molecule has 0 unspecified atom stereocenters. The zero-order valence-corrected chi connectivity index (χ0v) is 12.5. The zero-order valence-electron chi connectivity index (χ0n) is 10.8. The van der Waals surface area contributed by atoms with Gasteiger partial charge in [-0.1, -0.05) is 0 Å². The van der Waals surface area contributed by atoms with Gasteiger partial charge in [0.1, 0.15) is 0 Å². The van der Waals surface area contributed by atoms with Gasteiger partial charge in [0.2, 0.25) is 5.91 Å². The van der Waals surface area contributed by atoms with Crippen LogP contribution in [0.25, 0.3) is 0 Å². The van der Waals surface area contributed by atoms with Crippen LogP contribution >= 0.6 is 22.7 Å². The molecule has 1 N–H and O–H groups in total. The topological polar surface area (TPSA) is 54.9 Å². The number of rotatable bonds is 3. The van der Waals surface area contributed by atoms with E-state index >= 15 is 0 Å². The van der Waals surface area contributed by atoms with Crippen molar-refractivity contribution >= 4 is 33.7 Å². The number of thiazole rings is 2. The van der Waals surface area contributed by atoms with Gasteiger partial charge in [-0.25, -0.2) is 9.97 Å². The summed E-state index contributed by atoms with van der Waals surface area (Å²) in [5.41, 5.74) is 1.92. The van der Waals surface area contributed by atoms with E-state index in [1.165, 1.54) is 11.3 Å². The van der Waals surface area contributed by atoms with Crippen molar-refractivity contribution in [1.29, 1.82) is 0 Å². The van der Waals surface area contributed by atoms with Gasteiger partial charge in [-0.2, -0.15) is 0 Å². The van der Waals surface area contributed by atoms with Gasteiger partial charge in [0.25, 0.3) is 0 Å². The molecule has 0 aliphatic heterocycles. The summed E-state index contributed by atoms with van der Waals surface area (Å²) in [6, 6.07) is 0. The van der Waals surface area contributed by atoms with E-state index in [1.54, 1.807) is 11.3 Å². The van der Waals surface area contributed by atoms with Crippen molar-refractivity contribution in [3.8, 4) is 0 Å². The third-order valence-electron chi connectivity index (χ3n) is 2.60. The van der Waals surface area contributed by atoms with Crippen LogP contribution in [0, 0.1) is 27.7 Å². The highest BCUT2D eigenvalue weighted by atomic mass is 32.1. The minimum Gasteiger partial charge on any atom is -0.302 e. The molecule has 2 aromatic rings. The molecule has 0 fully saturated rings. The van der Waals surface area contributed by atoms with Crippen LogP contribution in [-0.4, -0.2) is 15.9 Å². The highest BCUT2D eigenvalue weighted by Crippen LogP contribution is 2.22. The van der Waals surface area contributed by atoms with Gasteiger partial charge in [-0.15, -0.1) is 22.7 Å². The summed E-state index contributed by atoms with van der Waals surface area (Å²) in [6.45, 7) is 7.83. The Kier molecular flexibility index (Phi) is 3.77. The second-order valence-electron chi connectivity index (χ2n) is 4.13. The number of hydrogen-bond donors (Lipinski definition) is 1. The van der Waals surface area contributed by atoms with Gasteiger partial charge in [0, 0.05) is 9.75 Å². The molecule has 18 heavy (non-hydrogen) atoms. The lowest BCUT2D eigenvalue weighted by Crippen LogP contribution is -2.14. The van der Waals surface area contributed by atoms with E-state index < -0.39 is 0 Å². The second-order valence-corrected chi connectivity index (χ2v) is 6.62. The Morgan fingerprint density at radius 2 is 1.83 bits per heavy atom. The van der Waals surface area contributed by atoms with Crippen LogP contribution in [0.15, 0.2) is 0 Å². The Morgan fingerprint density at radius 1 is 1.11 bits per heavy atom. The molecule has 0 atom stereocenters. The van der Waals surface area contributed by atoms with Crippen LogP contribution in [0.1, 0.15) is 26.1 Å². The lowest BCUT2D eigenvalue weighted by molar-refractivity contribution is -0.115. The molecule has 0 bridgehead atoms. The van der Waals surface area contributed by atoms with Crippen molar-refractivity contribution in [3.63, 3.8) is 0 Å². The van der Waals surface area contributed by atoms with Crippen molar-refractivity contribution in [2.75, 3.05) is 5.32 Å².